The molecule has 3 heteroatoms. The van der Waals surface area contributed by atoms with Gasteiger partial charge in [0.2, 0.25) is 0 Å². The summed E-state index contributed by atoms with van der Waals surface area (Å²) < 4.78 is 0. The van der Waals surface area contributed by atoms with Gasteiger partial charge in [-0.1, -0.05) is 177 Å². The third-order valence-electron chi connectivity index (χ3n) is 11.2. The lowest BCUT2D eigenvalue weighted by molar-refractivity contribution is 1.21. The van der Waals surface area contributed by atoms with E-state index in [1.807, 2.05) is 0 Å². The molecule has 260 valence electrons. The second-order valence-electron chi connectivity index (χ2n) is 15.0. The van der Waals surface area contributed by atoms with Crippen molar-refractivity contribution in [2.45, 2.75) is 13.1 Å². The average Bonchev–Trinajstić information content (AvgIpc) is 3.50. The van der Waals surface area contributed by atoms with Crippen LogP contribution in [0.5, 0.6) is 0 Å². The van der Waals surface area contributed by atoms with Crippen molar-refractivity contribution in [2.24, 2.45) is 0 Å². The Hall–Kier alpha value is -6.68. The van der Waals surface area contributed by atoms with Gasteiger partial charge in [0.1, 0.15) is 8.07 Å². The summed E-state index contributed by atoms with van der Waals surface area (Å²) in [7, 11) is -2.21. The molecule has 0 radical (unpaired) electrons. The van der Waals surface area contributed by atoms with E-state index in [2.05, 4.69) is 207 Å². The van der Waals surface area contributed by atoms with Gasteiger partial charge in [-0.3, -0.25) is 0 Å². The normalized spacial score (nSPS) is 12.7. The molecule has 9 aromatic rings. The van der Waals surface area contributed by atoms with Crippen LogP contribution < -0.4 is 10.5 Å². The zero-order chi connectivity index (χ0) is 36.9. The van der Waals surface area contributed by atoms with Crippen LogP contribution in [0.15, 0.2) is 194 Å². The van der Waals surface area contributed by atoms with Crippen molar-refractivity contribution in [1.29, 1.82) is 0 Å². The number of hydrogen-bond donors (Lipinski definition) is 0. The average molecular weight is 719 g/mol. The van der Waals surface area contributed by atoms with E-state index in [0.717, 1.165) is 28.2 Å². The third-order valence-corrected chi connectivity index (χ3v) is 14.5. The summed E-state index contributed by atoms with van der Waals surface area (Å²) in [6.07, 6.45) is 0. The Morgan fingerprint density at radius 1 is 0.364 bits per heavy atom. The molecule has 8 aromatic carbocycles. The fourth-order valence-corrected chi connectivity index (χ4v) is 11.8. The van der Waals surface area contributed by atoms with Gasteiger partial charge in [-0.15, -0.1) is 0 Å². The number of benzene rings is 8. The first-order valence-electron chi connectivity index (χ1n) is 19.0. The SMILES string of the molecule is C[Si]1(C)c2nc(-c3ccccc3)nc(-c3cccc(-c4cccc(-c5cc(-c6ccccc6)cc(-c6ccccc6)c5)c4)c3)c2-c2ccc3ccccc3c21. The van der Waals surface area contributed by atoms with Gasteiger partial charge in [-0.25, -0.2) is 9.97 Å². The highest BCUT2D eigenvalue weighted by Crippen LogP contribution is 2.40. The molecule has 0 unspecified atom stereocenters. The number of nitrogens with zero attached hydrogens (tertiary/aromatic N) is 2. The smallest absolute Gasteiger partial charge is 0.159 e. The highest BCUT2D eigenvalue weighted by molar-refractivity contribution is 7.04. The molecule has 55 heavy (non-hydrogen) atoms. The molecule has 0 saturated carbocycles. The molecule has 0 saturated heterocycles. The summed E-state index contributed by atoms with van der Waals surface area (Å²) >= 11 is 0. The van der Waals surface area contributed by atoms with Crippen LogP contribution in [0.2, 0.25) is 13.1 Å². The maximum atomic E-state index is 5.42. The fourth-order valence-electron chi connectivity index (χ4n) is 8.48. The van der Waals surface area contributed by atoms with E-state index < -0.39 is 8.07 Å². The molecule has 0 aliphatic carbocycles. The molecule has 2 heterocycles. The van der Waals surface area contributed by atoms with Crippen LogP contribution in [0.25, 0.3) is 89.1 Å². The van der Waals surface area contributed by atoms with Crippen LogP contribution in [-0.4, -0.2) is 18.0 Å². The van der Waals surface area contributed by atoms with Gasteiger partial charge < -0.3 is 0 Å². The summed E-state index contributed by atoms with van der Waals surface area (Å²) in [5, 5.41) is 5.28. The van der Waals surface area contributed by atoms with E-state index in [-0.39, 0.29) is 0 Å². The molecule has 0 atom stereocenters. The van der Waals surface area contributed by atoms with E-state index in [9.17, 15) is 0 Å². The van der Waals surface area contributed by atoms with Gasteiger partial charge in [0.05, 0.1) is 5.69 Å². The minimum absolute atomic E-state index is 0.784. The summed E-state index contributed by atoms with van der Waals surface area (Å²) in [6.45, 7) is 4.90. The van der Waals surface area contributed by atoms with Crippen molar-refractivity contribution in [3.8, 4) is 78.3 Å². The Balaban J connectivity index is 1.12. The number of hydrogen-bond acceptors (Lipinski definition) is 2. The van der Waals surface area contributed by atoms with Gasteiger partial charge >= 0.3 is 0 Å². The van der Waals surface area contributed by atoms with Crippen molar-refractivity contribution in [2.75, 3.05) is 0 Å². The lowest BCUT2D eigenvalue weighted by atomic mass is 9.91. The molecule has 0 bridgehead atoms. The first-order chi connectivity index (χ1) is 27.0. The van der Waals surface area contributed by atoms with E-state index in [4.69, 9.17) is 9.97 Å². The Morgan fingerprint density at radius 2 is 0.818 bits per heavy atom. The zero-order valence-electron chi connectivity index (χ0n) is 30.9. The van der Waals surface area contributed by atoms with Gasteiger partial charge in [-0.05, 0) is 96.4 Å². The Kier molecular flexibility index (Phi) is 7.97. The molecule has 2 nitrogen and oxygen atoms in total. The molecule has 1 aliphatic rings. The van der Waals surface area contributed by atoms with E-state index >= 15 is 0 Å². The molecule has 0 spiro atoms. The molecule has 0 fully saturated rings. The topological polar surface area (TPSA) is 25.8 Å². The first kappa shape index (κ1) is 32.9. The van der Waals surface area contributed by atoms with Crippen LogP contribution in [0.3, 0.4) is 0 Å². The maximum Gasteiger partial charge on any atom is 0.159 e. The second-order valence-corrected chi connectivity index (χ2v) is 19.2. The Bertz CT molecular complexity index is 2820. The quantitative estimate of drug-likeness (QED) is 0.160. The predicted octanol–water partition coefficient (Wildman–Crippen LogP) is 12.4. The third kappa shape index (κ3) is 5.81. The fraction of sp³-hybridized carbons (Fsp3) is 0.0385. The molecule has 1 aromatic heterocycles. The second kappa shape index (κ2) is 13.3. The van der Waals surface area contributed by atoms with Crippen LogP contribution in [0.1, 0.15) is 0 Å². The minimum Gasteiger partial charge on any atom is -0.237 e. The Labute approximate surface area is 323 Å². The van der Waals surface area contributed by atoms with Gasteiger partial charge in [0.15, 0.2) is 5.82 Å². The van der Waals surface area contributed by atoms with Gasteiger partial charge in [0, 0.05) is 22.0 Å². The summed E-state index contributed by atoms with van der Waals surface area (Å²) in [5.74, 6) is 0.784. The molecule has 0 amide bonds. The summed E-state index contributed by atoms with van der Waals surface area (Å²) in [6, 6.07) is 70.0. The highest BCUT2D eigenvalue weighted by Gasteiger charge is 2.42. The number of rotatable bonds is 6. The van der Waals surface area contributed by atoms with Crippen molar-refractivity contribution in [1.82, 2.24) is 9.97 Å². The van der Waals surface area contributed by atoms with Crippen molar-refractivity contribution >= 4 is 29.4 Å². The van der Waals surface area contributed by atoms with Gasteiger partial charge in [-0.2, -0.15) is 0 Å². The van der Waals surface area contributed by atoms with Crippen molar-refractivity contribution in [3.63, 3.8) is 0 Å². The van der Waals surface area contributed by atoms with Crippen LogP contribution in [0, 0.1) is 0 Å². The lowest BCUT2D eigenvalue weighted by Crippen LogP contribution is -2.51. The zero-order valence-corrected chi connectivity index (χ0v) is 31.9. The molecule has 0 N–H and O–H groups in total. The van der Waals surface area contributed by atoms with Crippen LogP contribution >= 0.6 is 0 Å². The Morgan fingerprint density at radius 3 is 1.44 bits per heavy atom. The largest absolute Gasteiger partial charge is 0.237 e. The molecular formula is C52H38N2Si. The van der Waals surface area contributed by atoms with Crippen LogP contribution in [0.4, 0.5) is 0 Å². The van der Waals surface area contributed by atoms with Crippen molar-refractivity contribution in [3.05, 3.63) is 194 Å². The number of fused-ring (bicyclic) bond motifs is 5. The molecule has 1 aliphatic heterocycles. The van der Waals surface area contributed by atoms with E-state index in [1.165, 1.54) is 71.3 Å². The van der Waals surface area contributed by atoms with E-state index in [0.29, 0.717) is 0 Å². The van der Waals surface area contributed by atoms with Crippen LogP contribution in [-0.2, 0) is 0 Å². The maximum absolute atomic E-state index is 5.42. The standard InChI is InChI=1S/C52H38N2Si/c1-55(2)50-46-27-13-12-20-37(46)28-29-47(50)48-49(53-51(54-52(48)55)38-21-10-5-11-22-38)42-26-15-24-40(31-42)39-23-14-25-41(30-39)45-33-43(35-16-6-3-7-17-35)32-44(34-45)36-18-8-4-9-19-36/h3-34H,1-2H3. The van der Waals surface area contributed by atoms with Gasteiger partial charge in [0.25, 0.3) is 0 Å². The predicted molar refractivity (Wildman–Crippen MR) is 234 cm³/mol. The van der Waals surface area contributed by atoms with Crippen molar-refractivity contribution < 1.29 is 0 Å². The molecule has 10 rings (SSSR count). The first-order valence-corrected chi connectivity index (χ1v) is 22.0. The summed E-state index contributed by atoms with van der Waals surface area (Å²) in [5.41, 5.74) is 15.1. The highest BCUT2D eigenvalue weighted by atomic mass is 28.3. The molecular weight excluding hydrogens is 681 g/mol. The van der Waals surface area contributed by atoms with E-state index in [1.54, 1.807) is 0 Å². The number of aromatic nitrogens is 2. The lowest BCUT2D eigenvalue weighted by Gasteiger charge is -2.20. The minimum atomic E-state index is -2.21. The summed E-state index contributed by atoms with van der Waals surface area (Å²) in [4.78, 5) is 10.8. The monoisotopic (exact) mass is 718 g/mol.